The number of fused-ring (bicyclic) bond motifs is 1. The summed E-state index contributed by atoms with van der Waals surface area (Å²) in [7, 11) is 4.27. The van der Waals surface area contributed by atoms with Gasteiger partial charge < -0.3 is 14.5 Å². The van der Waals surface area contributed by atoms with Crippen LogP contribution in [0.2, 0.25) is 0 Å². The Hall–Kier alpha value is -1.20. The molecule has 5 nitrogen and oxygen atoms in total. The van der Waals surface area contributed by atoms with Crippen LogP contribution in [0.3, 0.4) is 0 Å². The molecule has 3 rings (SSSR count). The van der Waals surface area contributed by atoms with Crippen LogP contribution in [-0.4, -0.2) is 60.8 Å². The van der Waals surface area contributed by atoms with Gasteiger partial charge in [-0.1, -0.05) is 0 Å². The minimum absolute atomic E-state index is 0.365. The minimum atomic E-state index is 0.365. The van der Waals surface area contributed by atoms with Crippen LogP contribution in [0.4, 0.5) is 5.95 Å². The second-order valence-corrected chi connectivity index (χ2v) is 5.72. The average Bonchev–Trinajstić information content (AvgIpc) is 2.47. The molecule has 0 amide bonds. The molecule has 0 aromatic carbocycles. The number of aromatic nitrogens is 2. The molecule has 19 heavy (non-hydrogen) atoms. The molecule has 0 N–H and O–H groups in total. The normalized spacial score (nSPS) is 31.3. The third kappa shape index (κ3) is 2.58. The molecule has 0 spiro atoms. The summed E-state index contributed by atoms with van der Waals surface area (Å²) < 4.78 is 6.03. The van der Waals surface area contributed by atoms with Crippen molar-refractivity contribution in [3.63, 3.8) is 0 Å². The number of nitrogens with zero attached hydrogens (tertiary/aromatic N) is 4. The molecule has 0 aliphatic carbocycles. The highest BCUT2D eigenvalue weighted by Crippen LogP contribution is 2.31. The molecule has 5 heteroatoms. The summed E-state index contributed by atoms with van der Waals surface area (Å²) in [6, 6.07) is 2.28. The molecule has 0 bridgehead atoms. The van der Waals surface area contributed by atoms with Crippen LogP contribution in [0.5, 0.6) is 0 Å². The highest BCUT2D eigenvalue weighted by Gasteiger charge is 2.40. The van der Waals surface area contributed by atoms with Crippen LogP contribution < -0.4 is 4.90 Å². The van der Waals surface area contributed by atoms with Crippen LogP contribution in [0.15, 0.2) is 18.5 Å². The van der Waals surface area contributed by atoms with Crippen LogP contribution >= 0.6 is 0 Å². The van der Waals surface area contributed by atoms with Crippen molar-refractivity contribution in [2.75, 3.05) is 38.7 Å². The Morgan fingerprint density at radius 3 is 2.79 bits per heavy atom. The fourth-order valence-electron chi connectivity index (χ4n) is 3.25. The first-order chi connectivity index (χ1) is 9.25. The molecule has 2 fully saturated rings. The number of piperidine rings is 1. The first-order valence-corrected chi connectivity index (χ1v) is 7.05. The van der Waals surface area contributed by atoms with E-state index in [1.54, 1.807) is 0 Å². The van der Waals surface area contributed by atoms with Gasteiger partial charge in [0, 0.05) is 38.0 Å². The number of hydrogen-bond acceptors (Lipinski definition) is 5. The van der Waals surface area contributed by atoms with Gasteiger partial charge >= 0.3 is 0 Å². The Labute approximate surface area is 114 Å². The van der Waals surface area contributed by atoms with Crippen molar-refractivity contribution in [2.24, 2.45) is 5.92 Å². The molecule has 0 unspecified atom stereocenters. The molecule has 1 aromatic rings. The Morgan fingerprint density at radius 1 is 1.26 bits per heavy atom. The van der Waals surface area contributed by atoms with Gasteiger partial charge in [0.2, 0.25) is 5.95 Å². The molecular weight excluding hydrogens is 240 g/mol. The third-order valence-electron chi connectivity index (χ3n) is 4.23. The lowest BCUT2D eigenvalue weighted by molar-refractivity contribution is -0.0744. The largest absolute Gasteiger partial charge is 0.376 e. The highest BCUT2D eigenvalue weighted by molar-refractivity contribution is 5.31. The zero-order valence-corrected chi connectivity index (χ0v) is 11.7. The maximum atomic E-state index is 6.03. The van der Waals surface area contributed by atoms with Gasteiger partial charge in [-0.05, 0) is 33.0 Å². The first-order valence-electron chi connectivity index (χ1n) is 7.05. The molecule has 0 saturated carbocycles. The summed E-state index contributed by atoms with van der Waals surface area (Å²) in [6.07, 6.45) is 6.42. The number of rotatable bonds is 2. The molecule has 2 saturated heterocycles. The molecule has 2 aliphatic rings. The van der Waals surface area contributed by atoms with Crippen molar-refractivity contribution in [3.8, 4) is 0 Å². The Kier molecular flexibility index (Phi) is 3.66. The van der Waals surface area contributed by atoms with Gasteiger partial charge in [0.25, 0.3) is 0 Å². The van der Waals surface area contributed by atoms with E-state index in [0.717, 1.165) is 25.6 Å². The zero-order valence-electron chi connectivity index (χ0n) is 11.7. The lowest BCUT2D eigenvalue weighted by Gasteiger charge is -2.47. The summed E-state index contributed by atoms with van der Waals surface area (Å²) in [5.41, 5.74) is 0. The molecule has 1 aromatic heterocycles. The SMILES string of the molecule is CN(C)[C@@H]1CN(c2ncccn2)C[C@@H]2CCCO[C@@H]21. The molecule has 2 aliphatic heterocycles. The zero-order chi connectivity index (χ0) is 13.2. The maximum absolute atomic E-state index is 6.03. The van der Waals surface area contributed by atoms with E-state index in [9.17, 15) is 0 Å². The molecule has 0 radical (unpaired) electrons. The molecule has 104 valence electrons. The molecular formula is C14H22N4O. The fourth-order valence-corrected chi connectivity index (χ4v) is 3.25. The lowest BCUT2D eigenvalue weighted by Crippen LogP contribution is -2.60. The quantitative estimate of drug-likeness (QED) is 0.796. The number of anilines is 1. The van der Waals surface area contributed by atoms with Crippen molar-refractivity contribution in [1.29, 1.82) is 0 Å². The smallest absolute Gasteiger partial charge is 0.225 e. The van der Waals surface area contributed by atoms with Crippen LogP contribution in [0.25, 0.3) is 0 Å². The molecule has 3 heterocycles. The second-order valence-electron chi connectivity index (χ2n) is 5.72. The molecule has 3 atom stereocenters. The summed E-state index contributed by atoms with van der Waals surface area (Å²) in [6.45, 7) is 2.87. The standard InChI is InChI=1S/C14H22N4O/c1-17(2)12-10-18(14-15-6-4-7-16-14)9-11-5-3-8-19-13(11)12/h4,6-7,11-13H,3,5,8-10H2,1-2H3/t11-,12+,13-/m0/s1. The van der Waals surface area contributed by atoms with Crippen molar-refractivity contribution >= 4 is 5.95 Å². The van der Waals surface area contributed by atoms with Crippen molar-refractivity contribution < 1.29 is 4.74 Å². The number of hydrogen-bond donors (Lipinski definition) is 0. The van der Waals surface area contributed by atoms with Crippen molar-refractivity contribution in [1.82, 2.24) is 14.9 Å². The van der Waals surface area contributed by atoms with E-state index in [-0.39, 0.29) is 0 Å². The van der Waals surface area contributed by atoms with Crippen LogP contribution in [-0.2, 0) is 4.74 Å². The van der Waals surface area contributed by atoms with Gasteiger partial charge in [0.05, 0.1) is 12.1 Å². The van der Waals surface area contributed by atoms with E-state index in [1.165, 1.54) is 12.8 Å². The van der Waals surface area contributed by atoms with E-state index in [0.29, 0.717) is 18.1 Å². The van der Waals surface area contributed by atoms with Crippen molar-refractivity contribution in [2.45, 2.75) is 25.0 Å². The van der Waals surface area contributed by atoms with E-state index >= 15 is 0 Å². The number of ether oxygens (including phenoxy) is 1. The summed E-state index contributed by atoms with van der Waals surface area (Å²) in [4.78, 5) is 13.4. The number of likely N-dealkylation sites (N-methyl/N-ethyl adjacent to an activating group) is 1. The minimum Gasteiger partial charge on any atom is -0.376 e. The Morgan fingerprint density at radius 2 is 2.05 bits per heavy atom. The van der Waals surface area contributed by atoms with Gasteiger partial charge in [-0.25, -0.2) is 9.97 Å². The second kappa shape index (κ2) is 5.43. The van der Waals surface area contributed by atoms with Crippen LogP contribution in [0.1, 0.15) is 12.8 Å². The Bertz CT molecular complexity index is 411. The highest BCUT2D eigenvalue weighted by atomic mass is 16.5. The summed E-state index contributed by atoms with van der Waals surface area (Å²) in [5.74, 6) is 1.44. The van der Waals surface area contributed by atoms with E-state index in [4.69, 9.17) is 4.74 Å². The average molecular weight is 262 g/mol. The third-order valence-corrected chi connectivity index (χ3v) is 4.23. The lowest BCUT2D eigenvalue weighted by atomic mass is 9.85. The van der Waals surface area contributed by atoms with Gasteiger partial charge in [-0.3, -0.25) is 0 Å². The van der Waals surface area contributed by atoms with Crippen LogP contribution in [0, 0.1) is 5.92 Å². The van der Waals surface area contributed by atoms with Crippen molar-refractivity contribution in [3.05, 3.63) is 18.5 Å². The summed E-state index contributed by atoms with van der Waals surface area (Å²) >= 11 is 0. The first kappa shape index (κ1) is 12.8. The maximum Gasteiger partial charge on any atom is 0.225 e. The van der Waals surface area contributed by atoms with Gasteiger partial charge in [-0.2, -0.15) is 0 Å². The topological polar surface area (TPSA) is 41.5 Å². The van der Waals surface area contributed by atoms with E-state index < -0.39 is 0 Å². The predicted octanol–water partition coefficient (Wildman–Crippen LogP) is 1.02. The van der Waals surface area contributed by atoms with Gasteiger partial charge in [0.1, 0.15) is 0 Å². The summed E-state index contributed by atoms with van der Waals surface area (Å²) in [5, 5.41) is 0. The van der Waals surface area contributed by atoms with Gasteiger partial charge in [-0.15, -0.1) is 0 Å². The Balaban J connectivity index is 1.81. The predicted molar refractivity (Wildman–Crippen MR) is 74.2 cm³/mol. The fraction of sp³-hybridized carbons (Fsp3) is 0.714. The van der Waals surface area contributed by atoms with E-state index in [1.807, 2.05) is 18.5 Å². The van der Waals surface area contributed by atoms with E-state index in [2.05, 4.69) is 33.9 Å². The van der Waals surface area contributed by atoms with Gasteiger partial charge in [0.15, 0.2) is 0 Å². The monoisotopic (exact) mass is 262 g/mol.